The van der Waals surface area contributed by atoms with Crippen LogP contribution in [-0.4, -0.2) is 48.1 Å². The molecular formula is C25H32N2O4. The summed E-state index contributed by atoms with van der Waals surface area (Å²) in [6, 6.07) is 14.3. The van der Waals surface area contributed by atoms with Gasteiger partial charge in [-0.1, -0.05) is 52.0 Å². The number of anilines is 1. The molecule has 6 heteroatoms. The second kappa shape index (κ2) is 9.86. The van der Waals surface area contributed by atoms with Crippen molar-refractivity contribution < 1.29 is 19.4 Å². The lowest BCUT2D eigenvalue weighted by Gasteiger charge is -2.27. The second-order valence-electron chi connectivity index (χ2n) is 8.95. The number of nitrogens with zero attached hydrogens (tertiary/aromatic N) is 2. The standard InChI is InChI=1S/C25H32N2O4/c1-17(2)14-26-10-11-27(24(28)25(29)30)15-21-9-8-20(13-23(21)26)19-6-5-7-22(12-19)31-16-18(3)4/h5-9,12-13,17-18H,10-11,14-16H2,1-4H3,(H,29,30). The topological polar surface area (TPSA) is 70.1 Å². The van der Waals surface area contributed by atoms with E-state index in [-0.39, 0.29) is 0 Å². The fraction of sp³-hybridized carbons (Fsp3) is 0.440. The third-order valence-corrected chi connectivity index (χ3v) is 5.23. The van der Waals surface area contributed by atoms with Crippen molar-refractivity contribution in [3.05, 3.63) is 48.0 Å². The van der Waals surface area contributed by atoms with Gasteiger partial charge in [0, 0.05) is 31.9 Å². The fourth-order valence-corrected chi connectivity index (χ4v) is 3.79. The molecule has 166 valence electrons. The fourth-order valence-electron chi connectivity index (χ4n) is 3.79. The molecule has 2 aromatic rings. The number of carbonyl (C=O) groups excluding carboxylic acids is 1. The summed E-state index contributed by atoms with van der Waals surface area (Å²) in [5.74, 6) is -0.522. The lowest BCUT2D eigenvalue weighted by molar-refractivity contribution is -0.156. The van der Waals surface area contributed by atoms with E-state index in [0.717, 1.165) is 34.7 Å². The lowest BCUT2D eigenvalue weighted by Crippen LogP contribution is -2.39. The van der Waals surface area contributed by atoms with Crippen LogP contribution in [0.25, 0.3) is 11.1 Å². The highest BCUT2D eigenvalue weighted by molar-refractivity contribution is 6.31. The molecule has 0 bridgehead atoms. The lowest BCUT2D eigenvalue weighted by atomic mass is 10.0. The van der Waals surface area contributed by atoms with Gasteiger partial charge in [-0.05, 0) is 46.7 Å². The van der Waals surface area contributed by atoms with Gasteiger partial charge < -0.3 is 19.6 Å². The molecule has 0 fully saturated rings. The van der Waals surface area contributed by atoms with Crippen LogP contribution < -0.4 is 9.64 Å². The average molecular weight is 425 g/mol. The summed E-state index contributed by atoms with van der Waals surface area (Å²) in [4.78, 5) is 27.0. The summed E-state index contributed by atoms with van der Waals surface area (Å²) in [7, 11) is 0. The van der Waals surface area contributed by atoms with Gasteiger partial charge in [-0.15, -0.1) is 0 Å². The van der Waals surface area contributed by atoms with Crippen LogP contribution in [0.3, 0.4) is 0 Å². The van der Waals surface area contributed by atoms with E-state index in [9.17, 15) is 9.59 Å². The van der Waals surface area contributed by atoms with E-state index >= 15 is 0 Å². The van der Waals surface area contributed by atoms with Crippen molar-refractivity contribution in [2.24, 2.45) is 11.8 Å². The molecule has 6 nitrogen and oxygen atoms in total. The first-order valence-electron chi connectivity index (χ1n) is 10.9. The number of hydrogen-bond acceptors (Lipinski definition) is 4. The van der Waals surface area contributed by atoms with Gasteiger partial charge in [0.2, 0.25) is 0 Å². The quantitative estimate of drug-likeness (QED) is 0.701. The maximum absolute atomic E-state index is 12.1. The third kappa shape index (κ3) is 5.78. The largest absolute Gasteiger partial charge is 0.493 e. The Morgan fingerprint density at radius 2 is 1.74 bits per heavy atom. The van der Waals surface area contributed by atoms with E-state index in [1.54, 1.807) is 0 Å². The zero-order valence-electron chi connectivity index (χ0n) is 18.8. The predicted octanol–water partition coefficient (Wildman–Crippen LogP) is 4.28. The van der Waals surface area contributed by atoms with Gasteiger partial charge in [0.1, 0.15) is 5.75 Å². The van der Waals surface area contributed by atoms with Crippen LogP contribution in [0.15, 0.2) is 42.5 Å². The molecule has 1 heterocycles. The number of ether oxygens (including phenoxy) is 1. The van der Waals surface area contributed by atoms with Crippen molar-refractivity contribution in [3.8, 4) is 16.9 Å². The molecule has 0 aliphatic carbocycles. The van der Waals surface area contributed by atoms with Crippen LogP contribution in [0.5, 0.6) is 5.75 Å². The summed E-state index contributed by atoms with van der Waals surface area (Å²) in [6.45, 7) is 11.4. The van der Waals surface area contributed by atoms with Crippen molar-refractivity contribution in [1.29, 1.82) is 0 Å². The molecule has 3 rings (SSSR count). The third-order valence-electron chi connectivity index (χ3n) is 5.23. The normalized spacial score (nSPS) is 13.9. The number of fused-ring (bicyclic) bond motifs is 1. The Kier molecular flexibility index (Phi) is 7.21. The molecule has 1 N–H and O–H groups in total. The Labute approximate surface area is 184 Å². The van der Waals surface area contributed by atoms with Gasteiger partial charge in [0.05, 0.1) is 6.61 Å². The number of amides is 1. The van der Waals surface area contributed by atoms with Crippen molar-refractivity contribution >= 4 is 17.6 Å². The molecular weight excluding hydrogens is 392 g/mol. The van der Waals surface area contributed by atoms with E-state index in [1.807, 2.05) is 30.3 Å². The van der Waals surface area contributed by atoms with E-state index in [0.29, 0.717) is 38.1 Å². The maximum atomic E-state index is 12.1. The smallest absolute Gasteiger partial charge is 0.394 e. The zero-order chi connectivity index (χ0) is 22.5. The molecule has 0 aromatic heterocycles. The van der Waals surface area contributed by atoms with Crippen molar-refractivity contribution in [2.75, 3.05) is 31.1 Å². The minimum Gasteiger partial charge on any atom is -0.493 e. The number of rotatable bonds is 6. The van der Waals surface area contributed by atoms with Crippen molar-refractivity contribution in [2.45, 2.75) is 34.2 Å². The SMILES string of the molecule is CC(C)COc1cccc(-c2ccc3c(c2)N(CC(C)C)CCN(C(=O)C(=O)O)C3)c1. The summed E-state index contributed by atoms with van der Waals surface area (Å²) in [5.41, 5.74) is 4.15. The summed E-state index contributed by atoms with van der Waals surface area (Å²) in [6.07, 6.45) is 0. The van der Waals surface area contributed by atoms with Crippen LogP contribution in [0, 0.1) is 11.8 Å². The highest BCUT2D eigenvalue weighted by atomic mass is 16.5. The zero-order valence-corrected chi connectivity index (χ0v) is 18.8. The molecule has 2 aromatic carbocycles. The minimum absolute atomic E-state index is 0.298. The number of carboxylic acids is 1. The number of benzene rings is 2. The molecule has 0 unspecified atom stereocenters. The molecule has 0 radical (unpaired) electrons. The molecule has 31 heavy (non-hydrogen) atoms. The molecule has 0 saturated heterocycles. The van der Waals surface area contributed by atoms with E-state index < -0.39 is 11.9 Å². The van der Waals surface area contributed by atoms with Gasteiger partial charge >= 0.3 is 11.9 Å². The Morgan fingerprint density at radius 3 is 2.42 bits per heavy atom. The average Bonchev–Trinajstić information content (AvgIpc) is 2.90. The van der Waals surface area contributed by atoms with Gasteiger partial charge in [-0.25, -0.2) is 4.79 Å². The molecule has 0 spiro atoms. The number of carboxylic acid groups (broad SMARTS) is 1. The van der Waals surface area contributed by atoms with Crippen LogP contribution in [0.1, 0.15) is 33.3 Å². The Morgan fingerprint density at radius 1 is 1.00 bits per heavy atom. The number of aliphatic carboxylic acids is 1. The molecule has 0 saturated carbocycles. The van der Waals surface area contributed by atoms with Crippen LogP contribution in [0.4, 0.5) is 5.69 Å². The van der Waals surface area contributed by atoms with Gasteiger partial charge in [0.15, 0.2) is 0 Å². The van der Waals surface area contributed by atoms with Gasteiger partial charge in [-0.3, -0.25) is 4.79 Å². The number of carbonyl (C=O) groups is 2. The molecule has 1 amide bonds. The van der Waals surface area contributed by atoms with Crippen LogP contribution in [0.2, 0.25) is 0 Å². The first kappa shape index (κ1) is 22.7. The van der Waals surface area contributed by atoms with E-state index in [4.69, 9.17) is 9.84 Å². The van der Waals surface area contributed by atoms with E-state index in [1.165, 1.54) is 4.90 Å². The predicted molar refractivity (Wildman–Crippen MR) is 122 cm³/mol. The summed E-state index contributed by atoms with van der Waals surface area (Å²) in [5, 5.41) is 9.17. The Bertz CT molecular complexity index is 939. The summed E-state index contributed by atoms with van der Waals surface area (Å²) >= 11 is 0. The van der Waals surface area contributed by atoms with Crippen molar-refractivity contribution in [3.63, 3.8) is 0 Å². The molecule has 0 atom stereocenters. The van der Waals surface area contributed by atoms with E-state index in [2.05, 4.69) is 44.7 Å². The molecule has 1 aliphatic rings. The second-order valence-corrected chi connectivity index (χ2v) is 8.95. The first-order valence-corrected chi connectivity index (χ1v) is 10.9. The Hall–Kier alpha value is -3.02. The number of hydrogen-bond donors (Lipinski definition) is 1. The van der Waals surface area contributed by atoms with Crippen molar-refractivity contribution in [1.82, 2.24) is 4.90 Å². The highest BCUT2D eigenvalue weighted by Gasteiger charge is 2.27. The summed E-state index contributed by atoms with van der Waals surface area (Å²) < 4.78 is 5.89. The molecule has 1 aliphatic heterocycles. The maximum Gasteiger partial charge on any atom is 0.394 e. The van der Waals surface area contributed by atoms with Crippen LogP contribution in [-0.2, 0) is 16.1 Å². The van der Waals surface area contributed by atoms with Crippen LogP contribution >= 0.6 is 0 Å². The van der Waals surface area contributed by atoms with Gasteiger partial charge in [0.25, 0.3) is 0 Å². The highest BCUT2D eigenvalue weighted by Crippen LogP contribution is 2.33. The monoisotopic (exact) mass is 424 g/mol. The van der Waals surface area contributed by atoms with Gasteiger partial charge in [-0.2, -0.15) is 0 Å². The first-order chi connectivity index (χ1) is 14.7. The Balaban J connectivity index is 1.95. The minimum atomic E-state index is -1.41.